The Morgan fingerprint density at radius 3 is 2.44 bits per heavy atom. The first kappa shape index (κ1) is 19.1. The molecule has 6 heteroatoms. The third kappa shape index (κ3) is 4.76. The quantitative estimate of drug-likeness (QED) is 0.766. The predicted octanol–water partition coefficient (Wildman–Crippen LogP) is 4.67. The van der Waals surface area contributed by atoms with Crippen molar-refractivity contribution in [3.8, 4) is 16.9 Å². The van der Waals surface area contributed by atoms with Crippen LogP contribution in [0.2, 0.25) is 0 Å². The van der Waals surface area contributed by atoms with Gasteiger partial charge >= 0.3 is 6.09 Å². The fourth-order valence-corrected chi connectivity index (χ4v) is 2.76. The summed E-state index contributed by atoms with van der Waals surface area (Å²) in [7, 11) is 1.75. The van der Waals surface area contributed by atoms with Gasteiger partial charge < -0.3 is 14.4 Å². The number of hydrogen-bond acceptors (Lipinski definition) is 4. The van der Waals surface area contributed by atoms with Crippen molar-refractivity contribution in [2.75, 3.05) is 13.7 Å². The van der Waals surface area contributed by atoms with Gasteiger partial charge in [0, 0.05) is 18.8 Å². The van der Waals surface area contributed by atoms with Crippen LogP contribution in [0.15, 0.2) is 42.7 Å². The summed E-state index contributed by atoms with van der Waals surface area (Å²) in [6, 6.07) is 8.10. The van der Waals surface area contributed by atoms with E-state index < -0.39 is 5.60 Å². The van der Waals surface area contributed by atoms with Gasteiger partial charge in [-0.2, -0.15) is 0 Å². The van der Waals surface area contributed by atoms with Crippen LogP contribution < -0.4 is 4.74 Å². The van der Waals surface area contributed by atoms with Crippen molar-refractivity contribution in [3.05, 3.63) is 48.5 Å². The molecular weight excluding hydrogens is 347 g/mol. The van der Waals surface area contributed by atoms with Crippen LogP contribution in [0.4, 0.5) is 9.18 Å². The molecule has 0 unspecified atom stereocenters. The van der Waals surface area contributed by atoms with Gasteiger partial charge in [-0.25, -0.2) is 9.18 Å². The molecule has 0 aliphatic heterocycles. The van der Waals surface area contributed by atoms with Gasteiger partial charge in [0.05, 0.1) is 11.7 Å². The fourth-order valence-electron chi connectivity index (χ4n) is 2.76. The van der Waals surface area contributed by atoms with Gasteiger partial charge in [0.1, 0.15) is 23.8 Å². The molecule has 1 aliphatic carbocycles. The number of ether oxygens (including phenoxy) is 2. The predicted molar refractivity (Wildman–Crippen MR) is 101 cm³/mol. The molecule has 1 saturated carbocycles. The third-order valence-electron chi connectivity index (χ3n) is 4.60. The minimum absolute atomic E-state index is 0.278. The molecule has 3 rings (SSSR count). The molecule has 0 N–H and O–H groups in total. The summed E-state index contributed by atoms with van der Waals surface area (Å²) in [6.45, 7) is 5.92. The van der Waals surface area contributed by atoms with Crippen molar-refractivity contribution in [2.24, 2.45) is 0 Å². The Hall–Kier alpha value is -2.63. The highest BCUT2D eigenvalue weighted by atomic mass is 19.1. The van der Waals surface area contributed by atoms with Crippen molar-refractivity contribution in [2.45, 2.75) is 44.8 Å². The average molecular weight is 372 g/mol. The zero-order valence-corrected chi connectivity index (χ0v) is 16.2. The SMILES string of the molecule is CN(C(=O)OC(C)(C)C)C1(COc2cncc(-c3ccc(F)cc3)c2)CC1. The molecule has 1 amide bonds. The van der Waals surface area contributed by atoms with Crippen molar-refractivity contribution in [1.82, 2.24) is 9.88 Å². The van der Waals surface area contributed by atoms with Gasteiger partial charge in [-0.05, 0) is 57.4 Å². The summed E-state index contributed by atoms with van der Waals surface area (Å²) in [5.74, 6) is 0.334. The maximum atomic E-state index is 13.1. The van der Waals surface area contributed by atoms with Gasteiger partial charge in [0.15, 0.2) is 0 Å². The Morgan fingerprint density at radius 2 is 1.85 bits per heavy atom. The fraction of sp³-hybridized carbons (Fsp3) is 0.429. The van der Waals surface area contributed by atoms with Crippen LogP contribution >= 0.6 is 0 Å². The van der Waals surface area contributed by atoms with Crippen LogP contribution in [0.25, 0.3) is 11.1 Å². The topological polar surface area (TPSA) is 51.7 Å². The van der Waals surface area contributed by atoms with Gasteiger partial charge in [0.2, 0.25) is 0 Å². The highest BCUT2D eigenvalue weighted by molar-refractivity contribution is 5.69. The first-order chi connectivity index (χ1) is 12.7. The molecule has 0 saturated heterocycles. The first-order valence-corrected chi connectivity index (χ1v) is 8.99. The molecule has 5 nitrogen and oxygen atoms in total. The number of amides is 1. The van der Waals surface area contributed by atoms with E-state index in [0.29, 0.717) is 12.4 Å². The molecule has 1 heterocycles. The molecule has 1 fully saturated rings. The number of carbonyl (C=O) groups is 1. The Labute approximate surface area is 159 Å². The van der Waals surface area contributed by atoms with E-state index in [9.17, 15) is 9.18 Å². The van der Waals surface area contributed by atoms with Crippen molar-refractivity contribution >= 4 is 6.09 Å². The van der Waals surface area contributed by atoms with E-state index in [1.54, 1.807) is 36.5 Å². The van der Waals surface area contributed by atoms with E-state index in [1.807, 2.05) is 26.8 Å². The van der Waals surface area contributed by atoms with Crippen LogP contribution in [0.5, 0.6) is 5.75 Å². The van der Waals surface area contributed by atoms with E-state index >= 15 is 0 Å². The van der Waals surface area contributed by atoms with Crippen LogP contribution in [0.3, 0.4) is 0 Å². The molecule has 27 heavy (non-hydrogen) atoms. The van der Waals surface area contributed by atoms with Gasteiger partial charge in [-0.1, -0.05) is 12.1 Å². The van der Waals surface area contributed by atoms with Crippen molar-refractivity contribution in [1.29, 1.82) is 0 Å². The molecule has 0 atom stereocenters. The number of aromatic nitrogens is 1. The number of halogens is 1. The summed E-state index contributed by atoms with van der Waals surface area (Å²) < 4.78 is 24.5. The lowest BCUT2D eigenvalue weighted by atomic mass is 10.1. The highest BCUT2D eigenvalue weighted by Crippen LogP contribution is 2.42. The number of likely N-dealkylation sites (N-methyl/N-ethyl adjacent to an activating group) is 1. The van der Waals surface area contributed by atoms with Crippen LogP contribution in [0, 0.1) is 5.82 Å². The molecule has 2 aromatic rings. The van der Waals surface area contributed by atoms with Crippen LogP contribution in [0.1, 0.15) is 33.6 Å². The molecule has 1 aromatic heterocycles. The Balaban J connectivity index is 1.65. The smallest absolute Gasteiger partial charge is 0.410 e. The third-order valence-corrected chi connectivity index (χ3v) is 4.60. The first-order valence-electron chi connectivity index (χ1n) is 8.99. The summed E-state index contributed by atoms with van der Waals surface area (Å²) in [5.41, 5.74) is 0.836. The molecular formula is C21H25FN2O3. The van der Waals surface area contributed by atoms with Crippen LogP contribution in [-0.4, -0.2) is 40.8 Å². The zero-order chi connectivity index (χ0) is 19.7. The monoisotopic (exact) mass is 372 g/mol. The van der Waals surface area contributed by atoms with Crippen LogP contribution in [-0.2, 0) is 4.74 Å². The standard InChI is InChI=1S/C21H25FN2O3/c1-20(2,3)27-19(25)24(4)21(9-10-21)14-26-18-11-16(12-23-13-18)15-5-7-17(22)8-6-15/h5-8,11-13H,9-10,14H2,1-4H3. The van der Waals surface area contributed by atoms with E-state index in [-0.39, 0.29) is 17.4 Å². The van der Waals surface area contributed by atoms with E-state index in [1.165, 1.54) is 12.1 Å². The second-order valence-corrected chi connectivity index (χ2v) is 7.97. The lowest BCUT2D eigenvalue weighted by Gasteiger charge is -2.30. The highest BCUT2D eigenvalue weighted by Gasteiger charge is 2.50. The lowest BCUT2D eigenvalue weighted by molar-refractivity contribution is 0.0139. The summed E-state index contributed by atoms with van der Waals surface area (Å²) in [4.78, 5) is 18.2. The van der Waals surface area contributed by atoms with Crippen molar-refractivity contribution in [3.63, 3.8) is 0 Å². The van der Waals surface area contributed by atoms with Gasteiger partial charge in [-0.15, -0.1) is 0 Å². The normalized spacial score (nSPS) is 15.1. The van der Waals surface area contributed by atoms with E-state index in [0.717, 1.165) is 24.0 Å². The Bertz CT molecular complexity index is 811. The second kappa shape index (κ2) is 7.18. The second-order valence-electron chi connectivity index (χ2n) is 7.97. The molecule has 0 spiro atoms. The Morgan fingerprint density at radius 1 is 1.19 bits per heavy atom. The number of benzene rings is 1. The molecule has 0 bridgehead atoms. The number of carbonyl (C=O) groups excluding carboxylic acids is 1. The van der Waals surface area contributed by atoms with Gasteiger partial charge in [-0.3, -0.25) is 4.98 Å². The zero-order valence-electron chi connectivity index (χ0n) is 16.2. The number of nitrogens with zero attached hydrogens (tertiary/aromatic N) is 2. The summed E-state index contributed by atoms with van der Waals surface area (Å²) in [6.07, 6.45) is 4.74. The largest absolute Gasteiger partial charge is 0.490 e. The molecule has 1 aromatic carbocycles. The van der Waals surface area contributed by atoms with Gasteiger partial charge in [0.25, 0.3) is 0 Å². The maximum Gasteiger partial charge on any atom is 0.410 e. The van der Waals surface area contributed by atoms with E-state index in [2.05, 4.69) is 4.98 Å². The lowest BCUT2D eigenvalue weighted by Crippen LogP contribution is -2.45. The number of hydrogen-bond donors (Lipinski definition) is 0. The molecule has 0 radical (unpaired) electrons. The Kier molecular flexibility index (Phi) is 5.09. The maximum absolute atomic E-state index is 13.1. The van der Waals surface area contributed by atoms with Crippen molar-refractivity contribution < 1.29 is 18.7 Å². The number of rotatable bonds is 5. The minimum Gasteiger partial charge on any atom is -0.490 e. The summed E-state index contributed by atoms with van der Waals surface area (Å²) >= 11 is 0. The number of pyridine rings is 1. The minimum atomic E-state index is -0.532. The molecule has 144 valence electrons. The average Bonchev–Trinajstić information content (AvgIpc) is 3.40. The van der Waals surface area contributed by atoms with E-state index in [4.69, 9.17) is 9.47 Å². The molecule has 1 aliphatic rings. The summed E-state index contributed by atoms with van der Waals surface area (Å²) in [5, 5.41) is 0.